The van der Waals surface area contributed by atoms with Gasteiger partial charge in [0.2, 0.25) is 11.4 Å². The average Bonchev–Trinajstić information content (AvgIpc) is 3.98. The molecule has 0 unspecified atom stereocenters. The smallest absolute Gasteiger partial charge is 0.657 e. The molecule has 9 rings (SSSR count). The predicted molar refractivity (Wildman–Crippen MR) is 202 cm³/mol. The van der Waals surface area contributed by atoms with E-state index in [9.17, 15) is 0 Å². The molecule has 0 fully saturated rings. The second kappa shape index (κ2) is 13.1. The van der Waals surface area contributed by atoms with Crippen LogP contribution in [0.15, 0.2) is 146 Å². The van der Waals surface area contributed by atoms with Gasteiger partial charge >= 0.3 is 17.1 Å². The first kappa shape index (κ1) is 31.3. The summed E-state index contributed by atoms with van der Waals surface area (Å²) in [4.78, 5) is 16.1. The molecule has 5 heterocycles. The molecule has 8 bridgehead atoms. The maximum absolute atomic E-state index is 5.38. The van der Waals surface area contributed by atoms with Crippen LogP contribution in [0.4, 0.5) is 0 Å². The third-order valence-electron chi connectivity index (χ3n) is 9.34. The fraction of sp³-hybridized carbons (Fsp3) is 0.0222. The summed E-state index contributed by atoms with van der Waals surface area (Å²) in [7, 11) is 2.14. The SMILES string of the molecule is C[n+]1c2c(-c3ccccc3)c3ccc([n-]3)c(-c3ccccc3)c3nc(c(-c4ccccc4)c4ccc([n-]4)c(-c4ccccc4)c1C=C2)C=C3.[Mn+2]. The van der Waals surface area contributed by atoms with Crippen LogP contribution < -0.4 is 14.5 Å². The fourth-order valence-corrected chi connectivity index (χ4v) is 7.06. The minimum atomic E-state index is 0. The molecule has 0 spiro atoms. The topological polar surface area (TPSA) is 45.0 Å². The monoisotopic (exact) mass is 682 g/mol. The number of rotatable bonds is 4. The largest absolute Gasteiger partial charge is 2.00 e. The van der Waals surface area contributed by atoms with Crippen LogP contribution >= 0.6 is 0 Å². The number of hydrogen-bond donors (Lipinski definition) is 0. The van der Waals surface area contributed by atoms with Crippen molar-refractivity contribution in [1.29, 1.82) is 0 Å². The van der Waals surface area contributed by atoms with Gasteiger partial charge in [0, 0.05) is 23.3 Å². The summed E-state index contributed by atoms with van der Waals surface area (Å²) in [6, 6.07) is 50.6. The minimum absolute atomic E-state index is 0. The van der Waals surface area contributed by atoms with Gasteiger partial charge < -0.3 is 9.97 Å². The van der Waals surface area contributed by atoms with Crippen LogP contribution in [-0.2, 0) is 24.1 Å². The summed E-state index contributed by atoms with van der Waals surface area (Å²) in [5.74, 6) is 0. The van der Waals surface area contributed by atoms with Gasteiger partial charge in [0.1, 0.15) is 7.05 Å². The van der Waals surface area contributed by atoms with Crippen LogP contribution in [0.2, 0.25) is 0 Å². The summed E-state index contributed by atoms with van der Waals surface area (Å²) in [6.45, 7) is 0. The van der Waals surface area contributed by atoms with Gasteiger partial charge in [0.25, 0.3) is 0 Å². The van der Waals surface area contributed by atoms with Crippen molar-refractivity contribution in [2.24, 2.45) is 7.05 Å². The summed E-state index contributed by atoms with van der Waals surface area (Å²) in [6.07, 6.45) is 8.66. The molecule has 237 valence electrons. The Hall–Kier alpha value is -6.00. The van der Waals surface area contributed by atoms with Gasteiger partial charge in [0.05, 0.1) is 11.4 Å². The Morgan fingerprint density at radius 3 is 1.02 bits per heavy atom. The molecule has 0 saturated heterocycles. The Labute approximate surface area is 301 Å². The van der Waals surface area contributed by atoms with Gasteiger partial charge in [-0.2, -0.15) is 4.57 Å². The normalized spacial score (nSPS) is 11.8. The number of aromatic nitrogens is 4. The fourth-order valence-electron chi connectivity index (χ4n) is 7.06. The molecular formula is C45H31MnN4+. The molecule has 7 aromatic rings. The third kappa shape index (κ3) is 5.43. The molecular weight excluding hydrogens is 651 g/mol. The summed E-state index contributed by atoms with van der Waals surface area (Å²) >= 11 is 0. The van der Waals surface area contributed by atoms with Crippen LogP contribution in [0.1, 0.15) is 22.8 Å². The van der Waals surface area contributed by atoms with Crippen LogP contribution in [0, 0.1) is 0 Å². The third-order valence-corrected chi connectivity index (χ3v) is 9.34. The number of hydrogen-bond acceptors (Lipinski definition) is 1. The molecule has 0 N–H and O–H groups in total. The molecule has 2 aliphatic rings. The second-order valence-corrected chi connectivity index (χ2v) is 12.3. The predicted octanol–water partition coefficient (Wildman–Crippen LogP) is 10.0. The minimum Gasteiger partial charge on any atom is -0.657 e. The Morgan fingerprint density at radius 1 is 0.380 bits per heavy atom. The molecule has 4 aromatic carbocycles. The zero-order valence-corrected chi connectivity index (χ0v) is 28.5. The van der Waals surface area contributed by atoms with E-state index in [0.29, 0.717) is 0 Å². The molecule has 0 amide bonds. The molecule has 0 aliphatic carbocycles. The van der Waals surface area contributed by atoms with E-state index >= 15 is 0 Å². The van der Waals surface area contributed by atoms with Gasteiger partial charge in [-0.15, -0.1) is 22.1 Å². The Bertz CT molecular complexity index is 2410. The van der Waals surface area contributed by atoms with Crippen molar-refractivity contribution in [2.45, 2.75) is 0 Å². The molecule has 3 aromatic heterocycles. The Balaban J connectivity index is 0.00000361. The van der Waals surface area contributed by atoms with Gasteiger partial charge in [-0.05, 0) is 45.5 Å². The van der Waals surface area contributed by atoms with E-state index in [1.807, 2.05) is 12.1 Å². The summed E-state index contributed by atoms with van der Waals surface area (Å²) in [5.41, 5.74) is 15.9. The molecule has 2 aliphatic heterocycles. The standard InChI is InChI=1S/C45H31N4.Mn/c1-49-40-28-29-41(49)45(33-20-12-5-13-21-33)39-27-25-37(48-39)43(31-16-8-3-9-17-31)35-23-22-34(46-35)42(30-14-6-2-7-15-30)36-24-26-38(47-36)44(40)32-18-10-4-11-19-32;/h2-29H,1H3;/q-1;+2. The van der Waals surface area contributed by atoms with Crippen LogP contribution in [0.25, 0.3) is 90.9 Å². The Kier molecular flexibility index (Phi) is 8.21. The van der Waals surface area contributed by atoms with Crippen LogP contribution in [-0.4, -0.2) is 4.98 Å². The van der Waals surface area contributed by atoms with Crippen molar-refractivity contribution in [3.05, 3.63) is 168 Å². The molecule has 50 heavy (non-hydrogen) atoms. The Morgan fingerprint density at radius 2 is 0.680 bits per heavy atom. The molecule has 0 saturated carbocycles. The van der Waals surface area contributed by atoms with Crippen molar-refractivity contribution in [3.63, 3.8) is 0 Å². The first-order chi connectivity index (χ1) is 24.2. The van der Waals surface area contributed by atoms with Crippen LogP contribution in [0.5, 0.6) is 0 Å². The second-order valence-electron chi connectivity index (χ2n) is 12.3. The van der Waals surface area contributed by atoms with Crippen molar-refractivity contribution >= 4 is 46.4 Å². The van der Waals surface area contributed by atoms with E-state index in [2.05, 4.69) is 169 Å². The van der Waals surface area contributed by atoms with Gasteiger partial charge in [-0.25, -0.2) is 4.98 Å². The van der Waals surface area contributed by atoms with Crippen molar-refractivity contribution < 1.29 is 21.6 Å². The maximum Gasteiger partial charge on any atom is 2.00 e. The van der Waals surface area contributed by atoms with Gasteiger partial charge in [-0.3, -0.25) is 0 Å². The average molecular weight is 683 g/mol. The number of nitrogens with zero attached hydrogens (tertiary/aromatic N) is 4. The van der Waals surface area contributed by atoms with E-state index in [1.54, 1.807) is 0 Å². The molecule has 1 radical (unpaired) electrons. The van der Waals surface area contributed by atoms with E-state index in [4.69, 9.17) is 15.0 Å². The summed E-state index contributed by atoms with van der Waals surface area (Å²) < 4.78 is 2.28. The quantitative estimate of drug-likeness (QED) is 0.137. The zero-order chi connectivity index (χ0) is 32.7. The number of fused-ring (bicyclic) bond motifs is 8. The molecule has 5 heteroatoms. The summed E-state index contributed by atoms with van der Waals surface area (Å²) in [5, 5.41) is 0. The first-order valence-corrected chi connectivity index (χ1v) is 16.5. The maximum atomic E-state index is 5.38. The van der Waals surface area contributed by atoms with E-state index in [0.717, 1.165) is 89.4 Å². The van der Waals surface area contributed by atoms with Crippen LogP contribution in [0.3, 0.4) is 0 Å². The van der Waals surface area contributed by atoms with Gasteiger partial charge in [-0.1, -0.05) is 146 Å². The van der Waals surface area contributed by atoms with Crippen molar-refractivity contribution in [1.82, 2.24) is 15.0 Å². The van der Waals surface area contributed by atoms with E-state index < -0.39 is 0 Å². The molecule has 0 atom stereocenters. The van der Waals surface area contributed by atoms with Crippen molar-refractivity contribution in [2.75, 3.05) is 0 Å². The van der Waals surface area contributed by atoms with Gasteiger partial charge in [0.15, 0.2) is 0 Å². The first-order valence-electron chi connectivity index (χ1n) is 16.5. The van der Waals surface area contributed by atoms with Crippen molar-refractivity contribution in [3.8, 4) is 44.5 Å². The number of benzene rings is 4. The zero-order valence-electron chi connectivity index (χ0n) is 27.3. The van der Waals surface area contributed by atoms with E-state index in [1.165, 1.54) is 0 Å². The van der Waals surface area contributed by atoms with E-state index in [-0.39, 0.29) is 17.1 Å². The molecule has 4 nitrogen and oxygen atoms in total.